The van der Waals surface area contributed by atoms with Gasteiger partial charge in [0.1, 0.15) is 15.7 Å². The van der Waals surface area contributed by atoms with E-state index >= 15 is 0 Å². The van der Waals surface area contributed by atoms with Crippen molar-refractivity contribution in [2.45, 2.75) is 26.3 Å². The highest BCUT2D eigenvalue weighted by atomic mass is 32.1. The van der Waals surface area contributed by atoms with Gasteiger partial charge in [0.05, 0.1) is 6.04 Å². The molecule has 0 aliphatic heterocycles. The molecule has 3 N–H and O–H groups in total. The number of thiocarbonyl (C=S) groups is 1. The zero-order valence-corrected chi connectivity index (χ0v) is 13.4. The Balaban J connectivity index is 2.04. The average Bonchev–Trinajstić information content (AvgIpc) is 2.96. The number of hydrogen-bond donors (Lipinski definition) is 2. The van der Waals surface area contributed by atoms with Crippen LogP contribution in [0.25, 0.3) is 0 Å². The van der Waals surface area contributed by atoms with Crippen molar-refractivity contribution in [1.82, 2.24) is 15.3 Å². The third kappa shape index (κ3) is 3.83. The van der Waals surface area contributed by atoms with Crippen molar-refractivity contribution in [3.8, 4) is 0 Å². The van der Waals surface area contributed by atoms with E-state index in [0.717, 1.165) is 11.4 Å². The molecule has 1 atom stereocenters. The second-order valence-electron chi connectivity index (χ2n) is 4.51. The second kappa shape index (κ2) is 6.73. The van der Waals surface area contributed by atoms with Gasteiger partial charge in [0.25, 0.3) is 5.91 Å². The quantitative estimate of drug-likeness (QED) is 0.826. The maximum absolute atomic E-state index is 12.1. The Morgan fingerprint density at radius 1 is 1.43 bits per heavy atom. The summed E-state index contributed by atoms with van der Waals surface area (Å²) in [6, 6.07) is 3.14. The molecule has 110 valence electrons. The van der Waals surface area contributed by atoms with Gasteiger partial charge < -0.3 is 11.1 Å². The van der Waals surface area contributed by atoms with Gasteiger partial charge in [0.2, 0.25) is 0 Å². The van der Waals surface area contributed by atoms with Crippen LogP contribution < -0.4 is 11.1 Å². The number of carbonyl (C=O) groups is 1. The van der Waals surface area contributed by atoms with Crippen LogP contribution in [0, 0.1) is 0 Å². The van der Waals surface area contributed by atoms with Gasteiger partial charge >= 0.3 is 0 Å². The van der Waals surface area contributed by atoms with E-state index in [1.54, 1.807) is 23.5 Å². The Hall–Kier alpha value is -1.86. The Morgan fingerprint density at radius 3 is 2.71 bits per heavy atom. The number of aryl methyl sites for hydroxylation is 1. The first kappa shape index (κ1) is 15.5. The van der Waals surface area contributed by atoms with Crippen LogP contribution in [-0.4, -0.2) is 20.9 Å². The fraction of sp³-hybridized carbons (Fsp3) is 0.286. The summed E-state index contributed by atoms with van der Waals surface area (Å²) >= 11 is 6.45. The summed E-state index contributed by atoms with van der Waals surface area (Å²) in [6.45, 7) is 3.98. The van der Waals surface area contributed by atoms with Gasteiger partial charge in [0.15, 0.2) is 0 Å². The number of carbonyl (C=O) groups excluding carboxylic acids is 1. The second-order valence-corrected chi connectivity index (χ2v) is 6.10. The lowest BCUT2D eigenvalue weighted by Crippen LogP contribution is -2.27. The Kier molecular flexibility index (Phi) is 4.98. The van der Waals surface area contributed by atoms with Gasteiger partial charge in [0, 0.05) is 22.8 Å². The molecule has 0 spiro atoms. The number of nitrogens with one attached hydrogen (secondary N) is 1. The lowest BCUT2D eigenvalue weighted by atomic mass is 10.2. The lowest BCUT2D eigenvalue weighted by Gasteiger charge is -2.10. The van der Waals surface area contributed by atoms with E-state index in [1.165, 1.54) is 11.1 Å². The zero-order valence-electron chi connectivity index (χ0n) is 11.8. The van der Waals surface area contributed by atoms with Crippen LogP contribution in [-0.2, 0) is 6.42 Å². The van der Waals surface area contributed by atoms with E-state index < -0.39 is 0 Å². The number of nitrogens with zero attached hydrogens (tertiary/aromatic N) is 2. The first-order chi connectivity index (χ1) is 10.0. The standard InChI is InChI=1S/C14H16N4OS2/c1-3-10-7-17-14(21-10)8(2)18-13(19)11-5-4-9(6-16-11)12(15)20/h4-8H,3H2,1-2H3,(H2,15,20)(H,18,19). The zero-order chi connectivity index (χ0) is 15.4. The van der Waals surface area contributed by atoms with Gasteiger partial charge in [-0.3, -0.25) is 9.78 Å². The molecule has 7 heteroatoms. The van der Waals surface area contributed by atoms with Crippen molar-refractivity contribution < 1.29 is 4.79 Å². The van der Waals surface area contributed by atoms with Crippen LogP contribution in [0.4, 0.5) is 0 Å². The minimum atomic E-state index is -0.245. The number of hydrogen-bond acceptors (Lipinski definition) is 5. The summed E-state index contributed by atoms with van der Waals surface area (Å²) in [5.74, 6) is -0.245. The van der Waals surface area contributed by atoms with E-state index in [2.05, 4.69) is 22.2 Å². The van der Waals surface area contributed by atoms with E-state index in [9.17, 15) is 4.79 Å². The van der Waals surface area contributed by atoms with E-state index in [1.807, 2.05) is 13.1 Å². The van der Waals surface area contributed by atoms with Crippen molar-refractivity contribution in [3.63, 3.8) is 0 Å². The smallest absolute Gasteiger partial charge is 0.270 e. The molecule has 0 saturated carbocycles. The van der Waals surface area contributed by atoms with E-state index in [4.69, 9.17) is 18.0 Å². The van der Waals surface area contributed by atoms with Crippen LogP contribution in [0.1, 0.15) is 45.8 Å². The summed E-state index contributed by atoms with van der Waals surface area (Å²) in [7, 11) is 0. The molecular formula is C14H16N4OS2. The van der Waals surface area contributed by atoms with Gasteiger partial charge in [-0.1, -0.05) is 19.1 Å². The summed E-state index contributed by atoms with van der Waals surface area (Å²) in [4.78, 5) is 22.0. The Morgan fingerprint density at radius 2 is 2.19 bits per heavy atom. The molecule has 1 amide bonds. The molecule has 0 aliphatic carbocycles. The molecule has 0 radical (unpaired) electrons. The molecule has 0 aromatic carbocycles. The summed E-state index contributed by atoms with van der Waals surface area (Å²) in [5.41, 5.74) is 6.46. The van der Waals surface area contributed by atoms with Crippen molar-refractivity contribution >= 4 is 34.5 Å². The molecule has 21 heavy (non-hydrogen) atoms. The molecule has 2 rings (SSSR count). The Bertz CT molecular complexity index is 651. The SMILES string of the molecule is CCc1cnc(C(C)NC(=O)c2ccc(C(N)=S)cn2)s1. The molecule has 2 aromatic rings. The number of rotatable bonds is 5. The predicted molar refractivity (Wildman–Crippen MR) is 87.5 cm³/mol. The molecule has 1 unspecified atom stereocenters. The molecule has 0 bridgehead atoms. The van der Waals surface area contributed by atoms with Crippen LogP contribution in [0.3, 0.4) is 0 Å². The van der Waals surface area contributed by atoms with Crippen LogP contribution in [0.2, 0.25) is 0 Å². The number of thiazole rings is 1. The highest BCUT2D eigenvalue weighted by molar-refractivity contribution is 7.80. The Labute approximate surface area is 132 Å². The fourth-order valence-corrected chi connectivity index (χ4v) is 2.67. The summed E-state index contributed by atoms with van der Waals surface area (Å²) in [6.07, 6.45) is 4.29. The van der Waals surface area contributed by atoms with Crippen molar-refractivity contribution in [1.29, 1.82) is 0 Å². The minimum absolute atomic E-state index is 0.153. The third-order valence-electron chi connectivity index (χ3n) is 2.92. The first-order valence-corrected chi connectivity index (χ1v) is 7.75. The fourth-order valence-electron chi connectivity index (χ4n) is 1.69. The topological polar surface area (TPSA) is 80.9 Å². The third-order valence-corrected chi connectivity index (χ3v) is 4.48. The predicted octanol–water partition coefficient (Wildman–Crippen LogP) is 2.23. The highest BCUT2D eigenvalue weighted by Crippen LogP contribution is 2.20. The molecule has 0 fully saturated rings. The van der Waals surface area contributed by atoms with E-state index in [0.29, 0.717) is 11.3 Å². The van der Waals surface area contributed by atoms with Crippen molar-refractivity contribution in [2.24, 2.45) is 5.73 Å². The molecular weight excluding hydrogens is 304 g/mol. The maximum Gasteiger partial charge on any atom is 0.270 e. The molecule has 2 heterocycles. The number of aromatic nitrogens is 2. The number of pyridine rings is 1. The lowest BCUT2D eigenvalue weighted by molar-refractivity contribution is 0.0935. The highest BCUT2D eigenvalue weighted by Gasteiger charge is 2.15. The van der Waals surface area contributed by atoms with Crippen molar-refractivity contribution in [2.75, 3.05) is 0 Å². The van der Waals surface area contributed by atoms with Crippen molar-refractivity contribution in [3.05, 3.63) is 45.7 Å². The number of nitrogens with two attached hydrogens (primary N) is 1. The van der Waals surface area contributed by atoms with E-state index in [-0.39, 0.29) is 16.9 Å². The summed E-state index contributed by atoms with van der Waals surface area (Å²) < 4.78 is 0. The van der Waals surface area contributed by atoms with Crippen LogP contribution in [0.5, 0.6) is 0 Å². The van der Waals surface area contributed by atoms with Gasteiger partial charge in [-0.25, -0.2) is 4.98 Å². The normalized spacial score (nSPS) is 11.9. The van der Waals surface area contributed by atoms with Crippen LogP contribution in [0.15, 0.2) is 24.5 Å². The monoisotopic (exact) mass is 320 g/mol. The molecule has 0 saturated heterocycles. The molecule has 2 aromatic heterocycles. The largest absolute Gasteiger partial charge is 0.389 e. The van der Waals surface area contributed by atoms with Crippen LogP contribution >= 0.6 is 23.6 Å². The van der Waals surface area contributed by atoms with Gasteiger partial charge in [-0.05, 0) is 25.5 Å². The average molecular weight is 320 g/mol. The minimum Gasteiger partial charge on any atom is -0.389 e. The number of amides is 1. The maximum atomic E-state index is 12.1. The first-order valence-electron chi connectivity index (χ1n) is 6.52. The van der Waals surface area contributed by atoms with Gasteiger partial charge in [-0.15, -0.1) is 11.3 Å². The molecule has 0 aliphatic rings. The summed E-state index contributed by atoms with van der Waals surface area (Å²) in [5, 5.41) is 3.77. The van der Waals surface area contributed by atoms with Gasteiger partial charge in [-0.2, -0.15) is 0 Å². The molecule has 5 nitrogen and oxygen atoms in total.